The van der Waals surface area contributed by atoms with E-state index in [2.05, 4.69) is 27.5 Å². The van der Waals surface area contributed by atoms with Crippen molar-refractivity contribution in [1.82, 2.24) is 10.6 Å². The molecule has 1 aliphatic rings. The van der Waals surface area contributed by atoms with Gasteiger partial charge in [-0.1, -0.05) is 0 Å². The Morgan fingerprint density at radius 3 is 3.33 bits per heavy atom. The maximum Gasteiger partial charge on any atom is 0.221 e. The van der Waals surface area contributed by atoms with E-state index in [4.69, 9.17) is 0 Å². The van der Waals surface area contributed by atoms with Gasteiger partial charge in [0, 0.05) is 25.6 Å². The zero-order chi connectivity index (χ0) is 10.5. The predicted octanol–water partition coefficient (Wildman–Crippen LogP) is 1.51. The second-order valence-corrected chi connectivity index (χ2v) is 4.69. The maximum atomic E-state index is 11.3. The Morgan fingerprint density at radius 1 is 1.60 bits per heavy atom. The van der Waals surface area contributed by atoms with Gasteiger partial charge in [-0.2, -0.15) is 11.3 Å². The first-order valence-corrected chi connectivity index (χ1v) is 6.30. The number of nitrogens with one attached hydrogen (secondary N) is 2. The molecule has 2 N–H and O–H groups in total. The molecule has 1 saturated heterocycles. The van der Waals surface area contributed by atoms with Crippen LogP contribution in [0.25, 0.3) is 0 Å². The van der Waals surface area contributed by atoms with Gasteiger partial charge in [-0.3, -0.25) is 4.79 Å². The van der Waals surface area contributed by atoms with Crippen LogP contribution < -0.4 is 10.6 Å². The molecule has 0 spiro atoms. The van der Waals surface area contributed by atoms with Crippen molar-refractivity contribution in [2.75, 3.05) is 6.54 Å². The number of thiophene rings is 1. The van der Waals surface area contributed by atoms with Crippen molar-refractivity contribution in [1.29, 1.82) is 0 Å². The number of hydrogen-bond donors (Lipinski definition) is 2. The summed E-state index contributed by atoms with van der Waals surface area (Å²) in [5.74, 6) is 0.176. The summed E-state index contributed by atoms with van der Waals surface area (Å²) < 4.78 is 0. The van der Waals surface area contributed by atoms with Crippen molar-refractivity contribution in [3.8, 4) is 0 Å². The highest BCUT2D eigenvalue weighted by molar-refractivity contribution is 7.07. The van der Waals surface area contributed by atoms with Crippen molar-refractivity contribution in [2.24, 2.45) is 0 Å². The molecule has 1 aromatic heterocycles. The smallest absolute Gasteiger partial charge is 0.221 e. The fourth-order valence-corrected chi connectivity index (χ4v) is 2.47. The zero-order valence-corrected chi connectivity index (χ0v) is 9.48. The third-order valence-electron chi connectivity index (χ3n) is 2.66. The van der Waals surface area contributed by atoms with Crippen molar-refractivity contribution in [2.45, 2.75) is 31.8 Å². The lowest BCUT2D eigenvalue weighted by Crippen LogP contribution is -2.31. The van der Waals surface area contributed by atoms with Gasteiger partial charge < -0.3 is 10.6 Å². The highest BCUT2D eigenvalue weighted by Gasteiger charge is 2.16. The molecule has 3 nitrogen and oxygen atoms in total. The van der Waals surface area contributed by atoms with E-state index in [1.54, 1.807) is 11.3 Å². The summed E-state index contributed by atoms with van der Waals surface area (Å²) in [6, 6.07) is 2.46. The topological polar surface area (TPSA) is 41.1 Å². The number of hydrogen-bond acceptors (Lipinski definition) is 3. The fraction of sp³-hybridized carbons (Fsp3) is 0.545. The van der Waals surface area contributed by atoms with Crippen LogP contribution in [-0.4, -0.2) is 18.5 Å². The van der Waals surface area contributed by atoms with Gasteiger partial charge in [-0.25, -0.2) is 0 Å². The lowest BCUT2D eigenvalue weighted by molar-refractivity contribution is -0.121. The second-order valence-electron chi connectivity index (χ2n) is 3.91. The number of carbonyl (C=O) groups is 1. The summed E-state index contributed by atoms with van der Waals surface area (Å²) in [6.45, 7) is 1.71. The molecule has 0 radical (unpaired) electrons. The minimum absolute atomic E-state index is 0.176. The van der Waals surface area contributed by atoms with Crippen LogP contribution >= 0.6 is 11.3 Å². The molecule has 1 amide bonds. The summed E-state index contributed by atoms with van der Waals surface area (Å²) in [6.07, 6.45) is 2.78. The maximum absolute atomic E-state index is 11.3. The average molecular weight is 224 g/mol. The van der Waals surface area contributed by atoms with Crippen LogP contribution in [0, 0.1) is 0 Å². The quantitative estimate of drug-likeness (QED) is 0.817. The summed E-state index contributed by atoms with van der Waals surface area (Å²) in [5, 5.41) is 10.6. The van der Waals surface area contributed by atoms with E-state index in [1.165, 1.54) is 5.56 Å². The van der Waals surface area contributed by atoms with Crippen LogP contribution in [0.1, 0.15) is 24.8 Å². The minimum atomic E-state index is 0.176. The van der Waals surface area contributed by atoms with Crippen LogP contribution in [0.3, 0.4) is 0 Å². The van der Waals surface area contributed by atoms with Crippen LogP contribution in [0.15, 0.2) is 16.8 Å². The van der Waals surface area contributed by atoms with Gasteiger partial charge in [0.2, 0.25) is 5.91 Å². The molecule has 82 valence electrons. The Balaban J connectivity index is 1.80. The Morgan fingerprint density at radius 2 is 2.53 bits per heavy atom. The van der Waals surface area contributed by atoms with Gasteiger partial charge in [0.05, 0.1) is 0 Å². The summed E-state index contributed by atoms with van der Waals surface area (Å²) in [4.78, 5) is 11.3. The number of carbonyl (C=O) groups excluding carboxylic acids is 1. The summed E-state index contributed by atoms with van der Waals surface area (Å²) >= 11 is 1.71. The van der Waals surface area contributed by atoms with Gasteiger partial charge >= 0.3 is 0 Å². The SMILES string of the molecule is O=C1CC(NCc2ccsc2)CCCN1. The van der Waals surface area contributed by atoms with Crippen molar-refractivity contribution < 1.29 is 4.79 Å². The molecule has 1 atom stereocenters. The summed E-state index contributed by atoms with van der Waals surface area (Å²) in [7, 11) is 0. The van der Waals surface area contributed by atoms with Crippen molar-refractivity contribution in [3.63, 3.8) is 0 Å². The Kier molecular flexibility index (Phi) is 3.75. The minimum Gasteiger partial charge on any atom is -0.356 e. The van der Waals surface area contributed by atoms with Gasteiger partial charge in [0.1, 0.15) is 0 Å². The first-order valence-electron chi connectivity index (χ1n) is 5.36. The Bertz CT molecular complexity index is 310. The van der Waals surface area contributed by atoms with E-state index in [9.17, 15) is 4.79 Å². The van der Waals surface area contributed by atoms with E-state index in [0.29, 0.717) is 12.5 Å². The van der Waals surface area contributed by atoms with E-state index >= 15 is 0 Å². The number of amides is 1. The first kappa shape index (κ1) is 10.6. The van der Waals surface area contributed by atoms with Crippen LogP contribution in [0.5, 0.6) is 0 Å². The molecule has 2 rings (SSSR count). The van der Waals surface area contributed by atoms with Crippen LogP contribution in [0.4, 0.5) is 0 Å². The first-order chi connectivity index (χ1) is 7.34. The fourth-order valence-electron chi connectivity index (χ4n) is 1.80. The standard InChI is InChI=1S/C11H16N2OS/c14-11-6-10(2-1-4-12-11)13-7-9-3-5-15-8-9/h3,5,8,10,13H,1-2,4,6-7H2,(H,12,14). The highest BCUT2D eigenvalue weighted by Crippen LogP contribution is 2.09. The molecule has 0 bridgehead atoms. The van der Waals surface area contributed by atoms with Gasteiger partial charge in [-0.05, 0) is 35.2 Å². The monoisotopic (exact) mass is 224 g/mol. The third kappa shape index (κ3) is 3.32. The third-order valence-corrected chi connectivity index (χ3v) is 3.39. The lowest BCUT2D eigenvalue weighted by Gasteiger charge is -2.14. The molecular weight excluding hydrogens is 208 g/mol. The van der Waals surface area contributed by atoms with Crippen molar-refractivity contribution in [3.05, 3.63) is 22.4 Å². The Hall–Kier alpha value is -0.870. The molecule has 1 unspecified atom stereocenters. The van der Waals surface area contributed by atoms with Gasteiger partial charge in [0.15, 0.2) is 0 Å². The zero-order valence-electron chi connectivity index (χ0n) is 8.66. The highest BCUT2D eigenvalue weighted by atomic mass is 32.1. The molecular formula is C11H16N2OS. The van der Waals surface area contributed by atoms with Crippen molar-refractivity contribution >= 4 is 17.2 Å². The Labute approximate surface area is 93.9 Å². The molecule has 4 heteroatoms. The largest absolute Gasteiger partial charge is 0.356 e. The van der Waals surface area contributed by atoms with Gasteiger partial charge in [-0.15, -0.1) is 0 Å². The van der Waals surface area contributed by atoms with E-state index < -0.39 is 0 Å². The number of rotatable bonds is 3. The average Bonchev–Trinajstić information content (AvgIpc) is 2.65. The predicted molar refractivity (Wildman–Crippen MR) is 61.8 cm³/mol. The second kappa shape index (κ2) is 5.28. The van der Waals surface area contributed by atoms with Crippen LogP contribution in [0.2, 0.25) is 0 Å². The van der Waals surface area contributed by atoms with Crippen LogP contribution in [-0.2, 0) is 11.3 Å². The molecule has 1 aromatic rings. The lowest BCUT2D eigenvalue weighted by atomic mass is 10.1. The van der Waals surface area contributed by atoms with E-state index in [0.717, 1.165) is 25.9 Å². The molecule has 2 heterocycles. The van der Waals surface area contributed by atoms with Gasteiger partial charge in [0.25, 0.3) is 0 Å². The molecule has 0 saturated carbocycles. The normalized spacial score (nSPS) is 22.1. The summed E-state index contributed by atoms with van der Waals surface area (Å²) in [5.41, 5.74) is 1.31. The van der Waals surface area contributed by atoms with E-state index in [-0.39, 0.29) is 5.91 Å². The molecule has 15 heavy (non-hydrogen) atoms. The molecule has 1 fully saturated rings. The molecule has 0 aromatic carbocycles. The molecule has 0 aliphatic carbocycles. The van der Waals surface area contributed by atoms with E-state index in [1.807, 2.05) is 0 Å². The molecule has 1 aliphatic heterocycles.